The number of methoxy groups -OCH3 is 1. The Morgan fingerprint density at radius 3 is 2.47 bits per heavy atom. The summed E-state index contributed by atoms with van der Waals surface area (Å²) in [5, 5.41) is 8.99. The summed E-state index contributed by atoms with van der Waals surface area (Å²) in [5.41, 5.74) is 0.345. The zero-order valence-electron chi connectivity index (χ0n) is 8.96. The number of carboxylic acid groups (broad SMARTS) is 1. The minimum absolute atomic E-state index is 0.345. The lowest BCUT2D eigenvalue weighted by atomic mass is 9.97. The first-order chi connectivity index (χ1) is 8.06. The molecule has 1 fully saturated rings. The van der Waals surface area contributed by atoms with Gasteiger partial charge in [0, 0.05) is 12.8 Å². The zero-order valence-corrected chi connectivity index (χ0v) is 8.96. The van der Waals surface area contributed by atoms with E-state index in [0.717, 1.165) is 4.90 Å². The highest BCUT2D eigenvalue weighted by molar-refractivity contribution is 6.12. The number of rotatable bonds is 3. The molecule has 17 heavy (non-hydrogen) atoms. The van der Waals surface area contributed by atoms with Gasteiger partial charge in [0.05, 0.1) is 0 Å². The summed E-state index contributed by atoms with van der Waals surface area (Å²) >= 11 is 0. The Balaban J connectivity index is 2.29. The first-order valence-corrected chi connectivity index (χ1v) is 4.90. The van der Waals surface area contributed by atoms with E-state index < -0.39 is 29.8 Å². The van der Waals surface area contributed by atoms with Crippen LogP contribution in [0.3, 0.4) is 0 Å². The molecule has 1 aromatic carbocycles. The van der Waals surface area contributed by atoms with Gasteiger partial charge in [0.1, 0.15) is 5.82 Å². The number of nitrogens with zero attached hydrogens (tertiary/aromatic N) is 1. The molecule has 0 bridgehead atoms. The summed E-state index contributed by atoms with van der Waals surface area (Å²) in [4.78, 5) is 23.7. The molecule has 0 spiro atoms. The van der Waals surface area contributed by atoms with Crippen molar-refractivity contribution in [1.29, 1.82) is 0 Å². The number of halogens is 1. The van der Waals surface area contributed by atoms with Crippen LogP contribution in [0.4, 0.5) is 10.1 Å². The summed E-state index contributed by atoms with van der Waals surface area (Å²) in [7, 11) is 1.28. The number of carbonyl (C=O) groups is 2. The first kappa shape index (κ1) is 11.5. The molecule has 0 aromatic heterocycles. The van der Waals surface area contributed by atoms with Gasteiger partial charge in [-0.15, -0.1) is 0 Å². The van der Waals surface area contributed by atoms with Crippen LogP contribution in [0.2, 0.25) is 0 Å². The van der Waals surface area contributed by atoms with Gasteiger partial charge < -0.3 is 9.84 Å². The molecule has 5 nitrogen and oxygen atoms in total. The van der Waals surface area contributed by atoms with E-state index in [1.165, 1.54) is 31.4 Å². The fraction of sp³-hybridized carbons (Fsp3) is 0.273. The van der Waals surface area contributed by atoms with Gasteiger partial charge in [-0.3, -0.25) is 9.69 Å². The fourth-order valence-corrected chi connectivity index (χ4v) is 1.82. The SMILES string of the molecule is CO[C@H]1C(=O)N(c2ccc(F)cc2)[C@@H]1C(=O)O. The zero-order chi connectivity index (χ0) is 12.6. The van der Waals surface area contributed by atoms with Crippen LogP contribution >= 0.6 is 0 Å². The molecular formula is C11H10FNO4. The summed E-state index contributed by atoms with van der Waals surface area (Å²) in [6.45, 7) is 0. The quantitative estimate of drug-likeness (QED) is 0.786. The number of β-lactam (4-membered cyclic amide) rings is 1. The van der Waals surface area contributed by atoms with E-state index in [0.29, 0.717) is 5.69 Å². The van der Waals surface area contributed by atoms with E-state index in [9.17, 15) is 14.0 Å². The minimum atomic E-state index is -1.15. The third-order valence-corrected chi connectivity index (χ3v) is 2.66. The molecule has 1 aliphatic heterocycles. The maximum Gasteiger partial charge on any atom is 0.330 e. The molecule has 0 radical (unpaired) electrons. The third-order valence-electron chi connectivity index (χ3n) is 2.66. The van der Waals surface area contributed by atoms with Gasteiger partial charge in [-0.25, -0.2) is 9.18 Å². The third kappa shape index (κ3) is 1.76. The van der Waals surface area contributed by atoms with Gasteiger partial charge in [0.15, 0.2) is 12.1 Å². The topological polar surface area (TPSA) is 66.8 Å². The van der Waals surface area contributed by atoms with E-state index in [1.54, 1.807) is 0 Å². The molecule has 6 heteroatoms. The smallest absolute Gasteiger partial charge is 0.330 e. The monoisotopic (exact) mass is 239 g/mol. The van der Waals surface area contributed by atoms with E-state index in [4.69, 9.17) is 9.84 Å². The Morgan fingerprint density at radius 1 is 1.41 bits per heavy atom. The van der Waals surface area contributed by atoms with Crippen molar-refractivity contribution in [2.24, 2.45) is 0 Å². The van der Waals surface area contributed by atoms with Gasteiger partial charge >= 0.3 is 5.97 Å². The number of benzene rings is 1. The predicted molar refractivity (Wildman–Crippen MR) is 56.1 cm³/mol. The number of amides is 1. The Kier molecular flexibility index (Phi) is 2.81. The van der Waals surface area contributed by atoms with Crippen LogP contribution in [0.1, 0.15) is 0 Å². The highest BCUT2D eigenvalue weighted by atomic mass is 19.1. The van der Waals surface area contributed by atoms with Crippen molar-refractivity contribution in [2.75, 3.05) is 12.0 Å². The van der Waals surface area contributed by atoms with Crippen molar-refractivity contribution in [3.63, 3.8) is 0 Å². The molecular weight excluding hydrogens is 229 g/mol. The van der Waals surface area contributed by atoms with Crippen LogP contribution in [-0.2, 0) is 14.3 Å². The average molecular weight is 239 g/mol. The van der Waals surface area contributed by atoms with Crippen LogP contribution in [0.15, 0.2) is 24.3 Å². The fourth-order valence-electron chi connectivity index (χ4n) is 1.82. The highest BCUT2D eigenvalue weighted by Gasteiger charge is 2.53. The molecule has 0 unspecified atom stereocenters. The molecule has 1 amide bonds. The molecule has 2 atom stereocenters. The predicted octanol–water partition coefficient (Wildman–Crippen LogP) is 0.641. The van der Waals surface area contributed by atoms with Crippen molar-refractivity contribution in [3.8, 4) is 0 Å². The second-order valence-corrected chi connectivity index (χ2v) is 3.62. The molecule has 0 aliphatic carbocycles. The molecule has 1 aromatic rings. The Labute approximate surface area is 96.4 Å². The molecule has 1 aliphatic rings. The average Bonchev–Trinajstić information content (AvgIpc) is 2.28. The van der Waals surface area contributed by atoms with Gasteiger partial charge in [-0.1, -0.05) is 0 Å². The number of aliphatic carboxylic acids is 1. The van der Waals surface area contributed by atoms with Crippen LogP contribution in [-0.4, -0.2) is 36.2 Å². The second-order valence-electron chi connectivity index (χ2n) is 3.62. The van der Waals surface area contributed by atoms with Gasteiger partial charge in [0.25, 0.3) is 5.91 Å². The lowest BCUT2D eigenvalue weighted by Crippen LogP contribution is -2.69. The van der Waals surface area contributed by atoms with E-state index in [2.05, 4.69) is 0 Å². The van der Waals surface area contributed by atoms with Gasteiger partial charge in [-0.05, 0) is 24.3 Å². The van der Waals surface area contributed by atoms with Crippen molar-refractivity contribution in [3.05, 3.63) is 30.1 Å². The van der Waals surface area contributed by atoms with Gasteiger partial charge in [0.2, 0.25) is 0 Å². The van der Waals surface area contributed by atoms with Crippen molar-refractivity contribution < 1.29 is 23.8 Å². The summed E-state index contributed by atoms with van der Waals surface area (Å²) in [6.07, 6.45) is -0.974. The van der Waals surface area contributed by atoms with Crippen LogP contribution in [0.25, 0.3) is 0 Å². The maximum atomic E-state index is 12.7. The van der Waals surface area contributed by atoms with Crippen LogP contribution in [0.5, 0.6) is 0 Å². The summed E-state index contributed by atoms with van der Waals surface area (Å²) in [6, 6.07) is 3.99. The number of hydrogen-bond donors (Lipinski definition) is 1. The second kappa shape index (κ2) is 4.14. The molecule has 2 rings (SSSR count). The minimum Gasteiger partial charge on any atom is -0.480 e. The Morgan fingerprint density at radius 2 is 2.00 bits per heavy atom. The molecule has 0 saturated carbocycles. The van der Waals surface area contributed by atoms with Crippen LogP contribution < -0.4 is 4.90 Å². The number of carbonyl (C=O) groups excluding carboxylic acids is 1. The largest absolute Gasteiger partial charge is 0.480 e. The standard InChI is InChI=1S/C11H10FNO4/c1-17-9-8(11(15)16)13(10(9)14)7-4-2-6(12)3-5-7/h2-5,8-9H,1H3,(H,15,16)/t8-,9+/m0/s1. The first-order valence-electron chi connectivity index (χ1n) is 4.90. The van der Waals surface area contributed by atoms with E-state index in [-0.39, 0.29) is 0 Å². The Hall–Kier alpha value is -1.95. The number of ether oxygens (including phenoxy) is 1. The highest BCUT2D eigenvalue weighted by Crippen LogP contribution is 2.30. The molecule has 1 saturated heterocycles. The van der Waals surface area contributed by atoms with E-state index >= 15 is 0 Å². The van der Waals surface area contributed by atoms with Crippen molar-refractivity contribution >= 4 is 17.6 Å². The molecule has 1 N–H and O–H groups in total. The number of carboxylic acids is 1. The van der Waals surface area contributed by atoms with Crippen molar-refractivity contribution in [2.45, 2.75) is 12.1 Å². The normalized spacial score (nSPS) is 23.4. The van der Waals surface area contributed by atoms with E-state index in [1.807, 2.05) is 0 Å². The maximum absolute atomic E-state index is 12.7. The van der Waals surface area contributed by atoms with Gasteiger partial charge in [-0.2, -0.15) is 0 Å². The summed E-state index contributed by atoms with van der Waals surface area (Å²) < 4.78 is 17.5. The van der Waals surface area contributed by atoms with Crippen molar-refractivity contribution in [1.82, 2.24) is 0 Å². The van der Waals surface area contributed by atoms with Crippen LogP contribution in [0, 0.1) is 5.82 Å². The molecule has 1 heterocycles. The Bertz CT molecular complexity index is 459. The number of anilines is 1. The number of hydrogen-bond acceptors (Lipinski definition) is 3. The summed E-state index contributed by atoms with van der Waals surface area (Å²) in [5.74, 6) is -2.04. The molecule has 90 valence electrons. The lowest BCUT2D eigenvalue weighted by Gasteiger charge is -2.43. The lowest BCUT2D eigenvalue weighted by molar-refractivity contribution is -0.155.